The van der Waals surface area contributed by atoms with E-state index in [-0.39, 0.29) is 18.0 Å². The molecule has 2 atom stereocenters. The fourth-order valence-electron chi connectivity index (χ4n) is 2.27. The van der Waals surface area contributed by atoms with Crippen LogP contribution >= 0.6 is 0 Å². The number of hydrogen-bond donors (Lipinski definition) is 1. The molecular weight excluding hydrogens is 228 g/mol. The van der Waals surface area contributed by atoms with Gasteiger partial charge < -0.3 is 9.64 Å². The third-order valence-electron chi connectivity index (χ3n) is 3.49. The number of rotatable bonds is 4. The van der Waals surface area contributed by atoms with Gasteiger partial charge in [0.15, 0.2) is 0 Å². The van der Waals surface area contributed by atoms with Crippen LogP contribution in [0.1, 0.15) is 24.9 Å². The largest absolute Gasteiger partial charge is 0.497 e. The Kier molecular flexibility index (Phi) is 3.87. The standard InChI is InChI=1S/C14H20N2O2/c1-10(11-4-6-12(18-3)7-5-11)15-13-8-9-16(2)14(13)17/h4-7,10,13,15H,8-9H2,1-3H3. The molecule has 0 aliphatic carbocycles. The van der Waals surface area contributed by atoms with Crippen LogP contribution in [0.3, 0.4) is 0 Å². The molecule has 0 radical (unpaired) electrons. The van der Waals surface area contributed by atoms with Crippen LogP contribution in [0.4, 0.5) is 0 Å². The number of likely N-dealkylation sites (N-methyl/N-ethyl adjacent to an activating group) is 1. The van der Waals surface area contributed by atoms with Crippen LogP contribution in [-0.2, 0) is 4.79 Å². The zero-order chi connectivity index (χ0) is 13.1. The smallest absolute Gasteiger partial charge is 0.239 e. The molecule has 18 heavy (non-hydrogen) atoms. The molecule has 1 saturated heterocycles. The summed E-state index contributed by atoms with van der Waals surface area (Å²) in [6.07, 6.45) is 0.885. The topological polar surface area (TPSA) is 41.6 Å². The van der Waals surface area contributed by atoms with Crippen molar-refractivity contribution < 1.29 is 9.53 Å². The normalized spacial score (nSPS) is 21.2. The molecule has 1 aromatic rings. The third-order valence-corrected chi connectivity index (χ3v) is 3.49. The molecular formula is C14H20N2O2. The van der Waals surface area contributed by atoms with Gasteiger partial charge in [-0.05, 0) is 31.0 Å². The molecule has 1 amide bonds. The van der Waals surface area contributed by atoms with E-state index in [1.165, 1.54) is 0 Å². The van der Waals surface area contributed by atoms with E-state index in [4.69, 9.17) is 4.74 Å². The van der Waals surface area contributed by atoms with Gasteiger partial charge in [0.1, 0.15) is 5.75 Å². The summed E-state index contributed by atoms with van der Waals surface area (Å²) in [6.45, 7) is 2.92. The van der Waals surface area contributed by atoms with Crippen molar-refractivity contribution >= 4 is 5.91 Å². The van der Waals surface area contributed by atoms with Crippen LogP contribution in [0, 0.1) is 0 Å². The zero-order valence-electron chi connectivity index (χ0n) is 11.1. The molecule has 0 spiro atoms. The molecule has 4 nitrogen and oxygen atoms in total. The summed E-state index contributed by atoms with van der Waals surface area (Å²) in [5.74, 6) is 1.04. The molecule has 0 bridgehead atoms. The summed E-state index contributed by atoms with van der Waals surface area (Å²) in [6, 6.07) is 8.05. The first kappa shape index (κ1) is 12.9. The van der Waals surface area contributed by atoms with Crippen LogP contribution in [0.15, 0.2) is 24.3 Å². The molecule has 2 unspecified atom stereocenters. The van der Waals surface area contributed by atoms with E-state index in [1.54, 1.807) is 12.0 Å². The van der Waals surface area contributed by atoms with E-state index >= 15 is 0 Å². The van der Waals surface area contributed by atoms with Gasteiger partial charge >= 0.3 is 0 Å². The lowest BCUT2D eigenvalue weighted by molar-refractivity contribution is -0.128. The van der Waals surface area contributed by atoms with Crippen molar-refractivity contribution in [2.24, 2.45) is 0 Å². The minimum Gasteiger partial charge on any atom is -0.497 e. The number of likely N-dealkylation sites (tertiary alicyclic amines) is 1. The maximum Gasteiger partial charge on any atom is 0.239 e. The highest BCUT2D eigenvalue weighted by molar-refractivity contribution is 5.83. The number of methoxy groups -OCH3 is 1. The molecule has 1 fully saturated rings. The molecule has 4 heteroatoms. The van der Waals surface area contributed by atoms with Gasteiger partial charge in [0.25, 0.3) is 0 Å². The van der Waals surface area contributed by atoms with Crippen molar-refractivity contribution in [1.82, 2.24) is 10.2 Å². The molecule has 1 aromatic carbocycles. The fourth-order valence-corrected chi connectivity index (χ4v) is 2.27. The minimum absolute atomic E-state index is 0.0490. The molecule has 1 N–H and O–H groups in total. The van der Waals surface area contributed by atoms with Gasteiger partial charge in [0.2, 0.25) is 5.91 Å². The van der Waals surface area contributed by atoms with Crippen molar-refractivity contribution in [1.29, 1.82) is 0 Å². The second kappa shape index (κ2) is 5.40. The summed E-state index contributed by atoms with van der Waals surface area (Å²) in [5, 5.41) is 3.38. The lowest BCUT2D eigenvalue weighted by atomic mass is 10.1. The Morgan fingerprint density at radius 3 is 2.56 bits per heavy atom. The molecule has 2 rings (SSSR count). The highest BCUT2D eigenvalue weighted by Crippen LogP contribution is 2.19. The van der Waals surface area contributed by atoms with Crippen LogP contribution < -0.4 is 10.1 Å². The summed E-state index contributed by atoms with van der Waals surface area (Å²) >= 11 is 0. The van der Waals surface area contributed by atoms with Gasteiger partial charge in [0.05, 0.1) is 13.2 Å². The monoisotopic (exact) mass is 248 g/mol. The maximum absolute atomic E-state index is 11.8. The first-order valence-corrected chi connectivity index (χ1v) is 6.27. The summed E-state index contributed by atoms with van der Waals surface area (Å²) in [7, 11) is 3.51. The second-order valence-electron chi connectivity index (χ2n) is 4.76. The number of carbonyl (C=O) groups is 1. The molecule has 0 saturated carbocycles. The first-order chi connectivity index (χ1) is 8.61. The maximum atomic E-state index is 11.8. The molecule has 1 aliphatic rings. The van der Waals surface area contributed by atoms with Crippen LogP contribution in [-0.4, -0.2) is 37.6 Å². The zero-order valence-corrected chi connectivity index (χ0v) is 11.1. The average Bonchev–Trinajstić information content (AvgIpc) is 2.71. The van der Waals surface area contributed by atoms with Crippen LogP contribution in [0.25, 0.3) is 0 Å². The van der Waals surface area contributed by atoms with E-state index in [9.17, 15) is 4.79 Å². The fraction of sp³-hybridized carbons (Fsp3) is 0.500. The summed E-state index contributed by atoms with van der Waals surface area (Å²) in [4.78, 5) is 13.6. The number of ether oxygens (including phenoxy) is 1. The number of hydrogen-bond acceptors (Lipinski definition) is 3. The molecule has 1 aliphatic heterocycles. The Labute approximate surface area is 108 Å². The predicted octanol–water partition coefficient (Wildman–Crippen LogP) is 1.58. The Hall–Kier alpha value is -1.55. The molecule has 98 valence electrons. The van der Waals surface area contributed by atoms with E-state index in [2.05, 4.69) is 12.2 Å². The Bertz CT molecular complexity index is 416. The summed E-state index contributed by atoms with van der Waals surface area (Å²) < 4.78 is 5.13. The van der Waals surface area contributed by atoms with Crippen molar-refractivity contribution in [3.05, 3.63) is 29.8 Å². The number of amides is 1. The third kappa shape index (κ3) is 2.64. The number of benzene rings is 1. The van der Waals surface area contributed by atoms with Crippen molar-refractivity contribution in [2.75, 3.05) is 20.7 Å². The van der Waals surface area contributed by atoms with Gasteiger partial charge in [-0.25, -0.2) is 0 Å². The number of carbonyl (C=O) groups excluding carboxylic acids is 1. The van der Waals surface area contributed by atoms with Gasteiger partial charge in [-0.3, -0.25) is 10.1 Å². The quantitative estimate of drug-likeness (QED) is 0.879. The highest BCUT2D eigenvalue weighted by atomic mass is 16.5. The highest BCUT2D eigenvalue weighted by Gasteiger charge is 2.29. The molecule has 0 aromatic heterocycles. The lowest BCUT2D eigenvalue weighted by Crippen LogP contribution is -2.38. The van der Waals surface area contributed by atoms with Crippen molar-refractivity contribution in [3.63, 3.8) is 0 Å². The first-order valence-electron chi connectivity index (χ1n) is 6.27. The molecule has 1 heterocycles. The Balaban J connectivity index is 1.98. The Morgan fingerprint density at radius 2 is 2.06 bits per heavy atom. The van der Waals surface area contributed by atoms with E-state index < -0.39 is 0 Å². The number of nitrogens with zero attached hydrogens (tertiary/aromatic N) is 1. The van der Waals surface area contributed by atoms with E-state index in [0.29, 0.717) is 0 Å². The van der Waals surface area contributed by atoms with Crippen molar-refractivity contribution in [2.45, 2.75) is 25.4 Å². The summed E-state index contributed by atoms with van der Waals surface area (Å²) in [5.41, 5.74) is 1.16. The van der Waals surface area contributed by atoms with Gasteiger partial charge in [0, 0.05) is 19.6 Å². The van der Waals surface area contributed by atoms with Crippen LogP contribution in [0.5, 0.6) is 5.75 Å². The van der Waals surface area contributed by atoms with Crippen molar-refractivity contribution in [3.8, 4) is 5.75 Å². The minimum atomic E-state index is -0.0490. The Morgan fingerprint density at radius 1 is 1.39 bits per heavy atom. The lowest BCUT2D eigenvalue weighted by Gasteiger charge is -2.19. The second-order valence-corrected chi connectivity index (χ2v) is 4.76. The van der Waals surface area contributed by atoms with E-state index in [1.807, 2.05) is 31.3 Å². The van der Waals surface area contributed by atoms with Crippen LogP contribution in [0.2, 0.25) is 0 Å². The van der Waals surface area contributed by atoms with E-state index in [0.717, 1.165) is 24.3 Å². The number of nitrogens with one attached hydrogen (secondary N) is 1. The average molecular weight is 248 g/mol. The van der Waals surface area contributed by atoms with Gasteiger partial charge in [-0.1, -0.05) is 12.1 Å². The van der Waals surface area contributed by atoms with Gasteiger partial charge in [-0.2, -0.15) is 0 Å². The SMILES string of the molecule is COc1ccc(C(C)NC2CCN(C)C2=O)cc1. The predicted molar refractivity (Wildman–Crippen MR) is 70.6 cm³/mol. The van der Waals surface area contributed by atoms with Gasteiger partial charge in [-0.15, -0.1) is 0 Å².